The fraction of sp³-hybridized carbons (Fsp3) is 0.182. The summed E-state index contributed by atoms with van der Waals surface area (Å²) in [5, 5.41) is 7.12. The van der Waals surface area contributed by atoms with Crippen LogP contribution in [0.2, 0.25) is 0 Å². The SMILES string of the molecule is NCC#Cc1cnc2ncccn12.O=C(O)C(F)(F)F. The Hall–Kier alpha value is -2.60. The van der Waals surface area contributed by atoms with E-state index >= 15 is 0 Å². The van der Waals surface area contributed by atoms with E-state index in [-0.39, 0.29) is 0 Å². The fourth-order valence-corrected chi connectivity index (χ4v) is 1.06. The van der Waals surface area contributed by atoms with Crippen molar-refractivity contribution >= 4 is 11.7 Å². The molecule has 2 rings (SSSR count). The van der Waals surface area contributed by atoms with Gasteiger partial charge in [0.05, 0.1) is 12.7 Å². The first kappa shape index (κ1) is 15.5. The van der Waals surface area contributed by atoms with Crippen LogP contribution < -0.4 is 5.73 Å². The van der Waals surface area contributed by atoms with Gasteiger partial charge in [0.15, 0.2) is 0 Å². The number of rotatable bonds is 0. The highest BCUT2D eigenvalue weighted by Crippen LogP contribution is 2.13. The molecule has 2 heterocycles. The van der Waals surface area contributed by atoms with E-state index < -0.39 is 12.1 Å². The number of aliphatic carboxylic acids is 1. The van der Waals surface area contributed by atoms with E-state index in [9.17, 15) is 13.2 Å². The molecule has 0 fully saturated rings. The van der Waals surface area contributed by atoms with Gasteiger partial charge in [0.2, 0.25) is 5.78 Å². The Balaban J connectivity index is 0.000000246. The average molecular weight is 286 g/mol. The number of hydrogen-bond donors (Lipinski definition) is 2. The van der Waals surface area contributed by atoms with Gasteiger partial charge >= 0.3 is 12.1 Å². The van der Waals surface area contributed by atoms with Crippen molar-refractivity contribution < 1.29 is 23.1 Å². The maximum Gasteiger partial charge on any atom is 0.490 e. The zero-order chi connectivity index (χ0) is 15.2. The van der Waals surface area contributed by atoms with Crippen molar-refractivity contribution in [3.63, 3.8) is 0 Å². The molecule has 0 bridgehead atoms. The molecule has 0 aliphatic rings. The molecule has 0 saturated carbocycles. The number of aromatic nitrogens is 3. The number of halogens is 3. The summed E-state index contributed by atoms with van der Waals surface area (Å²) < 4.78 is 33.6. The van der Waals surface area contributed by atoms with E-state index in [0.717, 1.165) is 5.69 Å². The lowest BCUT2D eigenvalue weighted by Crippen LogP contribution is -2.21. The second-order valence-corrected chi connectivity index (χ2v) is 3.24. The molecule has 20 heavy (non-hydrogen) atoms. The van der Waals surface area contributed by atoms with Gasteiger partial charge in [-0.1, -0.05) is 5.92 Å². The maximum absolute atomic E-state index is 10.6. The summed E-state index contributed by atoms with van der Waals surface area (Å²) in [7, 11) is 0. The second-order valence-electron chi connectivity index (χ2n) is 3.24. The van der Waals surface area contributed by atoms with Crippen molar-refractivity contribution in [2.24, 2.45) is 5.73 Å². The molecule has 0 amide bonds. The highest BCUT2D eigenvalue weighted by molar-refractivity contribution is 5.73. The number of carbonyl (C=O) groups is 1. The van der Waals surface area contributed by atoms with E-state index in [0.29, 0.717) is 12.3 Å². The summed E-state index contributed by atoms with van der Waals surface area (Å²) >= 11 is 0. The van der Waals surface area contributed by atoms with Gasteiger partial charge in [0.1, 0.15) is 5.69 Å². The van der Waals surface area contributed by atoms with Crippen LogP contribution in [0.25, 0.3) is 5.78 Å². The van der Waals surface area contributed by atoms with E-state index in [1.807, 2.05) is 16.7 Å². The summed E-state index contributed by atoms with van der Waals surface area (Å²) in [6, 6.07) is 1.84. The Morgan fingerprint density at radius 3 is 2.65 bits per heavy atom. The number of nitrogens with two attached hydrogens (primary N) is 1. The van der Waals surface area contributed by atoms with Crippen molar-refractivity contribution in [1.29, 1.82) is 0 Å². The predicted molar refractivity (Wildman–Crippen MR) is 62.6 cm³/mol. The molecule has 9 heteroatoms. The highest BCUT2D eigenvalue weighted by atomic mass is 19.4. The molecule has 2 aromatic heterocycles. The van der Waals surface area contributed by atoms with Crippen molar-refractivity contribution in [3.8, 4) is 11.8 Å². The minimum atomic E-state index is -5.08. The lowest BCUT2D eigenvalue weighted by molar-refractivity contribution is -0.192. The third kappa shape index (κ3) is 4.25. The Kier molecular flexibility index (Phi) is 5.05. The van der Waals surface area contributed by atoms with Gasteiger partial charge in [-0.25, -0.2) is 14.8 Å². The van der Waals surface area contributed by atoms with E-state index in [4.69, 9.17) is 15.6 Å². The number of nitrogens with zero attached hydrogens (tertiary/aromatic N) is 3. The highest BCUT2D eigenvalue weighted by Gasteiger charge is 2.38. The van der Waals surface area contributed by atoms with Crippen molar-refractivity contribution in [1.82, 2.24) is 14.4 Å². The van der Waals surface area contributed by atoms with Gasteiger partial charge in [-0.05, 0) is 12.0 Å². The molecule has 0 radical (unpaired) electrons. The standard InChI is InChI=1S/C9H8N4.C2HF3O2/c10-4-1-3-8-7-12-9-11-5-2-6-13(8)9;3-2(4,5)1(6)7/h2,5-7H,4,10H2;(H,6,7). The molecule has 3 N–H and O–H groups in total. The van der Waals surface area contributed by atoms with Crippen LogP contribution in [0.15, 0.2) is 24.7 Å². The molecule has 2 aromatic rings. The van der Waals surface area contributed by atoms with Crippen LogP contribution in [-0.2, 0) is 4.79 Å². The minimum Gasteiger partial charge on any atom is -0.475 e. The second kappa shape index (κ2) is 6.53. The summed E-state index contributed by atoms with van der Waals surface area (Å²) in [5.41, 5.74) is 6.08. The Morgan fingerprint density at radius 2 is 2.10 bits per heavy atom. The first-order valence-corrected chi connectivity index (χ1v) is 5.13. The van der Waals surface area contributed by atoms with E-state index in [2.05, 4.69) is 21.8 Å². The van der Waals surface area contributed by atoms with Crippen LogP contribution >= 0.6 is 0 Å². The molecule has 0 aromatic carbocycles. The molecule has 0 aliphatic carbocycles. The summed E-state index contributed by atoms with van der Waals surface area (Å²) in [4.78, 5) is 17.0. The van der Waals surface area contributed by atoms with Gasteiger partial charge in [-0.3, -0.25) is 4.40 Å². The lowest BCUT2D eigenvalue weighted by atomic mass is 10.4. The molecule has 0 unspecified atom stereocenters. The molecule has 0 atom stereocenters. The first-order chi connectivity index (χ1) is 9.36. The average Bonchev–Trinajstić information content (AvgIpc) is 2.79. The summed E-state index contributed by atoms with van der Waals surface area (Å²) in [5.74, 6) is 3.58. The van der Waals surface area contributed by atoms with Crippen molar-refractivity contribution in [2.45, 2.75) is 6.18 Å². The topological polar surface area (TPSA) is 93.5 Å². The molecule has 6 nitrogen and oxygen atoms in total. The lowest BCUT2D eigenvalue weighted by Gasteiger charge is -1.93. The first-order valence-electron chi connectivity index (χ1n) is 5.13. The van der Waals surface area contributed by atoms with E-state index in [1.165, 1.54) is 0 Å². The molecule has 106 valence electrons. The quantitative estimate of drug-likeness (QED) is 0.694. The fourth-order valence-electron chi connectivity index (χ4n) is 1.06. The number of fused-ring (bicyclic) bond motifs is 1. The molecular formula is C11H9F3N4O2. The summed E-state index contributed by atoms with van der Waals surface area (Å²) in [6.07, 6.45) is 0.170. The number of hydrogen-bond acceptors (Lipinski definition) is 4. The van der Waals surface area contributed by atoms with Gasteiger partial charge in [0, 0.05) is 12.4 Å². The molecule has 0 saturated heterocycles. The van der Waals surface area contributed by atoms with Crippen molar-refractivity contribution in [3.05, 3.63) is 30.4 Å². The monoisotopic (exact) mass is 286 g/mol. The zero-order valence-corrected chi connectivity index (χ0v) is 9.92. The molecule has 0 spiro atoms. The van der Waals surface area contributed by atoms with Crippen LogP contribution in [0.4, 0.5) is 13.2 Å². The predicted octanol–water partition coefficient (Wildman–Crippen LogP) is 0.673. The largest absolute Gasteiger partial charge is 0.490 e. The van der Waals surface area contributed by atoms with Crippen LogP contribution in [0.3, 0.4) is 0 Å². The van der Waals surface area contributed by atoms with Crippen LogP contribution in [0.5, 0.6) is 0 Å². The minimum absolute atomic E-state index is 0.355. The third-order valence-corrected chi connectivity index (χ3v) is 1.85. The van der Waals surface area contributed by atoms with Gasteiger partial charge in [-0.2, -0.15) is 13.2 Å². The summed E-state index contributed by atoms with van der Waals surface area (Å²) in [6.45, 7) is 0.355. The zero-order valence-electron chi connectivity index (χ0n) is 9.92. The molecule has 0 aliphatic heterocycles. The van der Waals surface area contributed by atoms with Gasteiger partial charge in [-0.15, -0.1) is 0 Å². The van der Waals surface area contributed by atoms with Crippen molar-refractivity contribution in [2.75, 3.05) is 6.54 Å². The van der Waals surface area contributed by atoms with Gasteiger partial charge < -0.3 is 10.8 Å². The van der Waals surface area contributed by atoms with E-state index in [1.54, 1.807) is 12.4 Å². The molecular weight excluding hydrogens is 277 g/mol. The Bertz CT molecular complexity index is 655. The van der Waals surface area contributed by atoms with Gasteiger partial charge in [0.25, 0.3) is 0 Å². The number of imidazole rings is 1. The normalized spacial score (nSPS) is 10.2. The number of alkyl halides is 3. The van der Waals surface area contributed by atoms with Crippen LogP contribution in [-0.4, -0.2) is 38.2 Å². The Morgan fingerprint density at radius 1 is 1.45 bits per heavy atom. The third-order valence-electron chi connectivity index (χ3n) is 1.85. The number of carboxylic acids is 1. The number of carboxylic acid groups (broad SMARTS) is 1. The van der Waals surface area contributed by atoms with Crippen LogP contribution in [0.1, 0.15) is 5.69 Å². The maximum atomic E-state index is 10.6. The Labute approximate surface area is 111 Å². The van der Waals surface area contributed by atoms with Crippen LogP contribution in [0, 0.1) is 11.8 Å². The smallest absolute Gasteiger partial charge is 0.475 e.